The first-order chi connectivity index (χ1) is 8.01. The van der Waals surface area contributed by atoms with Gasteiger partial charge in [0.15, 0.2) is 0 Å². The summed E-state index contributed by atoms with van der Waals surface area (Å²) in [6.07, 6.45) is 0. The normalized spacial score (nSPS) is 9.76. The Bertz CT molecular complexity index is 506. The number of hydrogen-bond donors (Lipinski definition) is 2. The molecule has 1 aromatic rings. The molecule has 0 aliphatic carbocycles. The maximum absolute atomic E-state index is 11.6. The van der Waals surface area contributed by atoms with E-state index >= 15 is 0 Å². The lowest BCUT2D eigenvalue weighted by Gasteiger charge is -2.08. The van der Waals surface area contributed by atoms with E-state index in [2.05, 4.69) is 9.72 Å². The highest BCUT2D eigenvalue weighted by Crippen LogP contribution is 2.15. The minimum absolute atomic E-state index is 0.123. The lowest BCUT2D eigenvalue weighted by molar-refractivity contribution is 0.0504. The number of pyridine rings is 1. The first-order valence-corrected chi connectivity index (χ1v) is 4.79. The number of H-pyrrole nitrogens is 1. The zero-order chi connectivity index (χ0) is 13.0. The highest BCUT2D eigenvalue weighted by Gasteiger charge is 2.23. The number of methoxy groups -OCH3 is 1. The highest BCUT2D eigenvalue weighted by molar-refractivity contribution is 6.05. The van der Waals surface area contributed by atoms with E-state index in [1.807, 2.05) is 0 Å². The summed E-state index contributed by atoms with van der Waals surface area (Å²) in [4.78, 5) is 36.4. The van der Waals surface area contributed by atoms with Crippen molar-refractivity contribution in [1.82, 2.24) is 4.98 Å². The molecule has 92 valence electrons. The van der Waals surface area contributed by atoms with Crippen LogP contribution in [0.1, 0.15) is 27.6 Å². The third kappa shape index (κ3) is 2.63. The zero-order valence-electron chi connectivity index (χ0n) is 9.40. The molecule has 7 nitrogen and oxygen atoms in total. The van der Waals surface area contributed by atoms with Crippen LogP contribution in [0.25, 0.3) is 0 Å². The maximum atomic E-state index is 11.6. The topological polar surface area (TPSA) is 111 Å². The second-order valence-electron chi connectivity index (χ2n) is 3.05. The van der Waals surface area contributed by atoms with Gasteiger partial charge in [0.25, 0.3) is 0 Å². The molecule has 0 fully saturated rings. The van der Waals surface area contributed by atoms with Gasteiger partial charge in [-0.3, -0.25) is 4.79 Å². The molecule has 1 rings (SSSR count). The number of aromatic nitrogens is 1. The van der Waals surface area contributed by atoms with Crippen molar-refractivity contribution in [2.24, 2.45) is 0 Å². The van der Waals surface area contributed by atoms with Crippen molar-refractivity contribution < 1.29 is 19.1 Å². The molecule has 0 amide bonds. The molecular formula is C10H12N2O5. The number of ether oxygens (including phenoxy) is 2. The number of nitrogens with two attached hydrogens (primary N) is 1. The van der Waals surface area contributed by atoms with Gasteiger partial charge in [-0.2, -0.15) is 0 Å². The van der Waals surface area contributed by atoms with Crippen LogP contribution < -0.4 is 11.3 Å². The largest absolute Gasteiger partial charge is 0.465 e. The minimum Gasteiger partial charge on any atom is -0.465 e. The average molecular weight is 240 g/mol. The molecule has 1 heterocycles. The fraction of sp³-hybridized carbons (Fsp3) is 0.300. The number of hydrogen-bond acceptors (Lipinski definition) is 6. The fourth-order valence-corrected chi connectivity index (χ4v) is 1.27. The van der Waals surface area contributed by atoms with Gasteiger partial charge in [-0.05, 0) is 6.92 Å². The predicted molar refractivity (Wildman–Crippen MR) is 58.8 cm³/mol. The van der Waals surface area contributed by atoms with Crippen molar-refractivity contribution in [1.29, 1.82) is 0 Å². The number of nitrogens with one attached hydrogen (secondary N) is 1. The van der Waals surface area contributed by atoms with E-state index in [9.17, 15) is 14.4 Å². The summed E-state index contributed by atoms with van der Waals surface area (Å²) in [7, 11) is 1.13. The first-order valence-electron chi connectivity index (χ1n) is 4.79. The molecular weight excluding hydrogens is 228 g/mol. The molecule has 1 aromatic heterocycles. The molecule has 7 heteroatoms. The molecule has 0 saturated heterocycles. The second kappa shape index (κ2) is 5.15. The fourth-order valence-electron chi connectivity index (χ4n) is 1.27. The van der Waals surface area contributed by atoms with Gasteiger partial charge in [0.05, 0.1) is 19.3 Å². The first kappa shape index (κ1) is 12.8. The van der Waals surface area contributed by atoms with Crippen LogP contribution in [-0.2, 0) is 9.47 Å². The molecule has 0 bridgehead atoms. The van der Waals surface area contributed by atoms with Crippen molar-refractivity contribution >= 4 is 17.8 Å². The predicted octanol–water partition coefficient (Wildman–Crippen LogP) is -0.0796. The van der Waals surface area contributed by atoms with E-state index in [0.29, 0.717) is 0 Å². The molecule has 0 aromatic carbocycles. The monoisotopic (exact) mass is 240 g/mol. The van der Waals surface area contributed by atoms with E-state index < -0.39 is 17.5 Å². The lowest BCUT2D eigenvalue weighted by atomic mass is 10.1. The van der Waals surface area contributed by atoms with Gasteiger partial charge in [-0.15, -0.1) is 0 Å². The van der Waals surface area contributed by atoms with Gasteiger partial charge in [0, 0.05) is 6.07 Å². The van der Waals surface area contributed by atoms with Gasteiger partial charge in [-0.1, -0.05) is 0 Å². The van der Waals surface area contributed by atoms with Crippen LogP contribution >= 0.6 is 0 Å². The number of carbonyl (C=O) groups excluding carboxylic acids is 2. The second-order valence-corrected chi connectivity index (χ2v) is 3.05. The Kier molecular flexibility index (Phi) is 3.86. The van der Waals surface area contributed by atoms with E-state index in [4.69, 9.17) is 10.5 Å². The summed E-state index contributed by atoms with van der Waals surface area (Å²) in [5.41, 5.74) is 4.47. The molecule has 0 aliphatic rings. The average Bonchev–Trinajstić information content (AvgIpc) is 2.27. The van der Waals surface area contributed by atoms with Crippen LogP contribution in [-0.4, -0.2) is 30.6 Å². The van der Waals surface area contributed by atoms with Crippen LogP contribution in [0.15, 0.2) is 10.9 Å². The summed E-state index contributed by atoms with van der Waals surface area (Å²) in [5.74, 6) is -1.84. The van der Waals surface area contributed by atoms with Crippen molar-refractivity contribution in [2.45, 2.75) is 6.92 Å². The van der Waals surface area contributed by atoms with Gasteiger partial charge >= 0.3 is 11.9 Å². The lowest BCUT2D eigenvalue weighted by Crippen LogP contribution is -2.21. The van der Waals surface area contributed by atoms with Crippen LogP contribution in [0.3, 0.4) is 0 Å². The van der Waals surface area contributed by atoms with Crippen LogP contribution in [0.5, 0.6) is 0 Å². The van der Waals surface area contributed by atoms with E-state index in [0.717, 1.165) is 13.2 Å². The molecule has 0 spiro atoms. The van der Waals surface area contributed by atoms with Crippen molar-refractivity contribution in [3.05, 3.63) is 27.5 Å². The Morgan fingerprint density at radius 2 is 2.06 bits per heavy atom. The number of nitrogen functional groups attached to an aromatic ring is 1. The molecule has 0 saturated carbocycles. The minimum atomic E-state index is -0.828. The van der Waals surface area contributed by atoms with Crippen molar-refractivity contribution in [3.8, 4) is 0 Å². The summed E-state index contributed by atoms with van der Waals surface area (Å²) < 4.78 is 9.20. The van der Waals surface area contributed by atoms with E-state index in [1.54, 1.807) is 6.92 Å². The van der Waals surface area contributed by atoms with Gasteiger partial charge in [0.2, 0.25) is 5.56 Å². The third-order valence-corrected chi connectivity index (χ3v) is 1.96. The van der Waals surface area contributed by atoms with Crippen LogP contribution in [0, 0.1) is 0 Å². The maximum Gasteiger partial charge on any atom is 0.342 e. The zero-order valence-corrected chi connectivity index (χ0v) is 9.40. The van der Waals surface area contributed by atoms with Crippen molar-refractivity contribution in [3.63, 3.8) is 0 Å². The molecule has 0 radical (unpaired) electrons. The standard InChI is InChI=1S/C10H12N2O5/c1-3-17-10(15)7-5(9(14)16-2)4-6(13)12-8(7)11/h4H,3H2,1-2H3,(H3,11,12,13). The Hall–Kier alpha value is -2.31. The molecule has 0 unspecified atom stereocenters. The SMILES string of the molecule is CCOC(=O)c1c(C(=O)OC)cc(=O)[nH]c1N. The Morgan fingerprint density at radius 3 is 2.59 bits per heavy atom. The summed E-state index contributed by atoms with van der Waals surface area (Å²) in [6, 6.07) is 0.939. The molecule has 17 heavy (non-hydrogen) atoms. The smallest absolute Gasteiger partial charge is 0.342 e. The Balaban J connectivity index is 3.40. The third-order valence-electron chi connectivity index (χ3n) is 1.96. The summed E-state index contributed by atoms with van der Waals surface area (Å²) in [5, 5.41) is 0. The number of esters is 2. The number of carbonyl (C=O) groups is 2. The van der Waals surface area contributed by atoms with Gasteiger partial charge in [0.1, 0.15) is 11.4 Å². The number of rotatable bonds is 3. The van der Waals surface area contributed by atoms with Crippen LogP contribution in [0.4, 0.5) is 5.82 Å². The Labute approximate surface area is 96.5 Å². The summed E-state index contributed by atoms with van der Waals surface area (Å²) in [6.45, 7) is 1.73. The van der Waals surface area contributed by atoms with Crippen LogP contribution in [0.2, 0.25) is 0 Å². The highest BCUT2D eigenvalue weighted by atomic mass is 16.5. The number of anilines is 1. The van der Waals surface area contributed by atoms with Gasteiger partial charge < -0.3 is 20.2 Å². The van der Waals surface area contributed by atoms with Crippen molar-refractivity contribution in [2.75, 3.05) is 19.5 Å². The van der Waals surface area contributed by atoms with E-state index in [1.165, 1.54) is 0 Å². The van der Waals surface area contributed by atoms with Gasteiger partial charge in [-0.25, -0.2) is 9.59 Å². The molecule has 0 aliphatic heterocycles. The van der Waals surface area contributed by atoms with E-state index in [-0.39, 0.29) is 23.6 Å². The quantitative estimate of drug-likeness (QED) is 0.715. The molecule has 3 N–H and O–H groups in total. The molecule has 0 atom stereocenters. The summed E-state index contributed by atoms with van der Waals surface area (Å²) >= 11 is 0. The number of aromatic amines is 1. The Morgan fingerprint density at radius 1 is 1.41 bits per heavy atom.